The first kappa shape index (κ1) is 19.4. The van der Waals surface area contributed by atoms with Crippen LogP contribution in [-0.4, -0.2) is 71.4 Å². The molecule has 26 heavy (non-hydrogen) atoms. The molecule has 3 heterocycles. The maximum atomic E-state index is 13.1. The van der Waals surface area contributed by atoms with Crippen LogP contribution < -0.4 is 0 Å². The highest BCUT2D eigenvalue weighted by Gasteiger charge is 2.34. The van der Waals surface area contributed by atoms with Gasteiger partial charge < -0.3 is 14.5 Å². The molecule has 2 fully saturated rings. The number of ether oxygens (including phenoxy) is 1. The van der Waals surface area contributed by atoms with E-state index in [9.17, 15) is 4.79 Å². The van der Waals surface area contributed by atoms with Crippen LogP contribution in [-0.2, 0) is 4.74 Å². The van der Waals surface area contributed by atoms with E-state index >= 15 is 0 Å². The van der Waals surface area contributed by atoms with Crippen LogP contribution in [0.25, 0.3) is 0 Å². The molecule has 6 nitrogen and oxygen atoms in total. The Morgan fingerprint density at radius 3 is 2.85 bits per heavy atom. The highest BCUT2D eigenvalue weighted by molar-refractivity contribution is 5.93. The standard InChI is InChI=1S/C20H34N4O2/c1-16(2)24-15-18(13-21-24)20(25)23(11-12-26-3)14-17-7-6-10-22-9-5-4-8-19(17)22/h13,15-17,19H,4-12,14H2,1-3H3/t17-,19+/m1/s1. The Morgan fingerprint density at radius 1 is 1.31 bits per heavy atom. The maximum absolute atomic E-state index is 13.1. The lowest BCUT2D eigenvalue weighted by atomic mass is 9.83. The molecule has 1 aromatic rings. The lowest BCUT2D eigenvalue weighted by Gasteiger charge is -2.45. The molecule has 0 N–H and O–H groups in total. The molecule has 0 unspecified atom stereocenters. The molecular formula is C20H34N4O2. The molecule has 2 aliphatic heterocycles. The zero-order valence-electron chi connectivity index (χ0n) is 16.6. The molecule has 146 valence electrons. The molecule has 0 radical (unpaired) electrons. The van der Waals surface area contributed by atoms with E-state index in [2.05, 4.69) is 23.8 Å². The second-order valence-corrected chi connectivity index (χ2v) is 8.05. The molecule has 0 bridgehead atoms. The van der Waals surface area contributed by atoms with E-state index in [1.807, 2.05) is 15.8 Å². The van der Waals surface area contributed by atoms with Crippen molar-refractivity contribution in [2.75, 3.05) is 39.9 Å². The Morgan fingerprint density at radius 2 is 2.12 bits per heavy atom. The van der Waals surface area contributed by atoms with Crippen LogP contribution in [0.1, 0.15) is 62.4 Å². The van der Waals surface area contributed by atoms with Crippen LogP contribution in [0, 0.1) is 5.92 Å². The van der Waals surface area contributed by atoms with Gasteiger partial charge in [0.25, 0.3) is 5.91 Å². The van der Waals surface area contributed by atoms with Gasteiger partial charge in [0.15, 0.2) is 0 Å². The average Bonchev–Trinajstić information content (AvgIpc) is 3.15. The molecule has 0 saturated carbocycles. The summed E-state index contributed by atoms with van der Waals surface area (Å²) in [4.78, 5) is 17.8. The van der Waals surface area contributed by atoms with Gasteiger partial charge in [-0.15, -0.1) is 0 Å². The smallest absolute Gasteiger partial charge is 0.257 e. The molecule has 2 saturated heterocycles. The Kier molecular flexibility index (Phi) is 6.70. The predicted molar refractivity (Wildman–Crippen MR) is 102 cm³/mol. The summed E-state index contributed by atoms with van der Waals surface area (Å²) in [5.74, 6) is 0.659. The monoisotopic (exact) mass is 362 g/mol. The van der Waals surface area contributed by atoms with Crippen molar-refractivity contribution in [3.05, 3.63) is 18.0 Å². The summed E-state index contributed by atoms with van der Waals surface area (Å²) >= 11 is 0. The SMILES string of the molecule is COCCN(C[C@H]1CCCN2CCCC[C@@H]12)C(=O)c1cnn(C(C)C)c1. The normalized spacial score (nSPS) is 23.8. The first-order chi connectivity index (χ1) is 12.6. The third-order valence-corrected chi connectivity index (χ3v) is 5.91. The molecule has 1 amide bonds. The van der Waals surface area contributed by atoms with E-state index in [0.717, 1.165) is 6.54 Å². The van der Waals surface area contributed by atoms with Gasteiger partial charge in [-0.2, -0.15) is 5.10 Å². The van der Waals surface area contributed by atoms with Gasteiger partial charge in [0.05, 0.1) is 18.4 Å². The topological polar surface area (TPSA) is 50.6 Å². The fraction of sp³-hybridized carbons (Fsp3) is 0.800. The fourth-order valence-corrected chi connectivity index (χ4v) is 4.46. The lowest BCUT2D eigenvalue weighted by molar-refractivity contribution is 0.0315. The van der Waals surface area contributed by atoms with Crippen molar-refractivity contribution < 1.29 is 9.53 Å². The van der Waals surface area contributed by atoms with Crippen LogP contribution in [0.4, 0.5) is 0 Å². The average molecular weight is 363 g/mol. The van der Waals surface area contributed by atoms with Crippen LogP contribution in [0.2, 0.25) is 0 Å². The van der Waals surface area contributed by atoms with Crippen LogP contribution in [0.5, 0.6) is 0 Å². The van der Waals surface area contributed by atoms with Gasteiger partial charge in [-0.3, -0.25) is 9.48 Å². The largest absolute Gasteiger partial charge is 0.383 e. The molecule has 2 aliphatic rings. The highest BCUT2D eigenvalue weighted by Crippen LogP contribution is 2.31. The Bertz CT molecular complexity index is 584. The van der Waals surface area contributed by atoms with E-state index in [1.165, 1.54) is 45.2 Å². The summed E-state index contributed by atoms with van der Waals surface area (Å²) in [7, 11) is 1.70. The van der Waals surface area contributed by atoms with Crippen molar-refractivity contribution in [1.29, 1.82) is 0 Å². The minimum absolute atomic E-state index is 0.0851. The van der Waals surface area contributed by atoms with Crippen molar-refractivity contribution in [1.82, 2.24) is 19.6 Å². The Hall–Kier alpha value is -1.40. The van der Waals surface area contributed by atoms with E-state index in [1.54, 1.807) is 13.3 Å². The van der Waals surface area contributed by atoms with Crippen LogP contribution in [0.15, 0.2) is 12.4 Å². The van der Waals surface area contributed by atoms with E-state index in [4.69, 9.17) is 4.74 Å². The van der Waals surface area contributed by atoms with Gasteiger partial charge >= 0.3 is 0 Å². The lowest BCUT2D eigenvalue weighted by Crippen LogP contribution is -2.52. The fourth-order valence-electron chi connectivity index (χ4n) is 4.46. The molecule has 6 heteroatoms. The van der Waals surface area contributed by atoms with Gasteiger partial charge in [0, 0.05) is 38.5 Å². The number of nitrogens with zero attached hydrogens (tertiary/aromatic N) is 4. The van der Waals surface area contributed by atoms with Gasteiger partial charge in [0.1, 0.15) is 0 Å². The van der Waals surface area contributed by atoms with Crippen molar-refractivity contribution >= 4 is 5.91 Å². The number of hydrogen-bond acceptors (Lipinski definition) is 4. The summed E-state index contributed by atoms with van der Waals surface area (Å²) in [5, 5.41) is 4.34. The molecule has 2 atom stereocenters. The first-order valence-corrected chi connectivity index (χ1v) is 10.2. The molecule has 0 aromatic carbocycles. The second-order valence-electron chi connectivity index (χ2n) is 8.05. The zero-order valence-corrected chi connectivity index (χ0v) is 16.6. The van der Waals surface area contributed by atoms with Gasteiger partial charge in [0.2, 0.25) is 0 Å². The number of hydrogen-bond donors (Lipinski definition) is 0. The minimum Gasteiger partial charge on any atom is -0.383 e. The number of piperidine rings is 2. The van der Waals surface area contributed by atoms with Crippen molar-refractivity contribution in [3.8, 4) is 0 Å². The summed E-state index contributed by atoms with van der Waals surface area (Å²) in [6, 6.07) is 0.909. The Labute approximate surface area is 157 Å². The van der Waals surface area contributed by atoms with Crippen molar-refractivity contribution in [2.24, 2.45) is 5.92 Å². The van der Waals surface area contributed by atoms with Crippen molar-refractivity contribution in [3.63, 3.8) is 0 Å². The van der Waals surface area contributed by atoms with Crippen LogP contribution >= 0.6 is 0 Å². The first-order valence-electron chi connectivity index (χ1n) is 10.2. The Balaban J connectivity index is 1.71. The number of carbonyl (C=O) groups is 1. The third kappa shape index (κ3) is 4.46. The quantitative estimate of drug-likeness (QED) is 0.748. The van der Waals surface area contributed by atoms with E-state index in [-0.39, 0.29) is 11.9 Å². The van der Waals surface area contributed by atoms with Gasteiger partial charge in [-0.1, -0.05) is 6.42 Å². The number of rotatable bonds is 7. The third-order valence-electron chi connectivity index (χ3n) is 5.91. The molecule has 0 aliphatic carbocycles. The molecule has 3 rings (SSSR count). The van der Waals surface area contributed by atoms with E-state index in [0.29, 0.717) is 30.7 Å². The number of aromatic nitrogens is 2. The molecular weight excluding hydrogens is 328 g/mol. The number of fused-ring (bicyclic) bond motifs is 1. The zero-order chi connectivity index (χ0) is 18.5. The summed E-state index contributed by atoms with van der Waals surface area (Å²) in [6.45, 7) is 8.66. The number of amides is 1. The number of methoxy groups -OCH3 is 1. The van der Waals surface area contributed by atoms with Crippen molar-refractivity contribution in [2.45, 2.75) is 58.0 Å². The van der Waals surface area contributed by atoms with E-state index < -0.39 is 0 Å². The summed E-state index contributed by atoms with van der Waals surface area (Å²) in [6.07, 6.45) is 9.98. The second kappa shape index (κ2) is 9.00. The summed E-state index contributed by atoms with van der Waals surface area (Å²) < 4.78 is 7.12. The molecule has 1 aromatic heterocycles. The van der Waals surface area contributed by atoms with Gasteiger partial charge in [-0.25, -0.2) is 0 Å². The maximum Gasteiger partial charge on any atom is 0.257 e. The molecule has 0 spiro atoms. The minimum atomic E-state index is 0.0851. The highest BCUT2D eigenvalue weighted by atomic mass is 16.5. The number of carbonyl (C=O) groups excluding carboxylic acids is 1. The van der Waals surface area contributed by atoms with Crippen LogP contribution in [0.3, 0.4) is 0 Å². The summed E-state index contributed by atoms with van der Waals surface area (Å²) in [5.41, 5.74) is 0.686. The van der Waals surface area contributed by atoms with Gasteiger partial charge in [-0.05, 0) is 58.5 Å². The predicted octanol–water partition coefficient (Wildman–Crippen LogP) is 2.82.